The highest BCUT2D eigenvalue weighted by atomic mass is 16.2. The number of hydrogen-bond donors (Lipinski definition) is 2. The van der Waals surface area contributed by atoms with Crippen LogP contribution in [0.5, 0.6) is 0 Å². The zero-order chi connectivity index (χ0) is 20.1. The summed E-state index contributed by atoms with van der Waals surface area (Å²) >= 11 is 0. The molecule has 2 saturated carbocycles. The molecule has 3 aliphatic rings. The van der Waals surface area contributed by atoms with Crippen molar-refractivity contribution in [2.75, 3.05) is 13.1 Å². The minimum atomic E-state index is -0.107. The Labute approximate surface area is 174 Å². The first kappa shape index (κ1) is 20.2. The highest BCUT2D eigenvalue weighted by molar-refractivity contribution is 5.78. The Bertz CT molecular complexity index is 701. The first-order valence-electron chi connectivity index (χ1n) is 11.5. The van der Waals surface area contributed by atoms with E-state index in [1.54, 1.807) is 0 Å². The molecule has 0 spiro atoms. The van der Waals surface area contributed by atoms with Crippen molar-refractivity contribution >= 4 is 11.9 Å². The van der Waals surface area contributed by atoms with Gasteiger partial charge in [-0.25, -0.2) is 4.79 Å². The maximum Gasteiger partial charge on any atom is 0.315 e. The second-order valence-electron chi connectivity index (χ2n) is 9.34. The number of amides is 3. The van der Waals surface area contributed by atoms with Gasteiger partial charge in [-0.3, -0.25) is 4.79 Å². The van der Waals surface area contributed by atoms with Crippen LogP contribution in [0.4, 0.5) is 4.79 Å². The Morgan fingerprint density at radius 1 is 1.00 bits per heavy atom. The molecule has 3 amide bonds. The summed E-state index contributed by atoms with van der Waals surface area (Å²) in [6.07, 6.45) is 11.4. The zero-order valence-corrected chi connectivity index (χ0v) is 17.5. The van der Waals surface area contributed by atoms with Crippen molar-refractivity contribution in [3.63, 3.8) is 0 Å². The molecule has 1 aliphatic heterocycles. The van der Waals surface area contributed by atoms with Gasteiger partial charge in [0.25, 0.3) is 0 Å². The summed E-state index contributed by atoms with van der Waals surface area (Å²) in [5.41, 5.74) is 1.16. The van der Waals surface area contributed by atoms with E-state index in [2.05, 4.69) is 15.5 Å². The lowest BCUT2D eigenvalue weighted by Gasteiger charge is -2.47. The summed E-state index contributed by atoms with van der Waals surface area (Å²) in [5, 5.41) is 6.11. The van der Waals surface area contributed by atoms with Crippen molar-refractivity contribution in [1.82, 2.24) is 15.5 Å². The van der Waals surface area contributed by atoms with E-state index in [9.17, 15) is 9.59 Å². The summed E-state index contributed by atoms with van der Waals surface area (Å²) in [5.74, 6) is 1.01. The Morgan fingerprint density at radius 2 is 1.79 bits per heavy atom. The molecule has 29 heavy (non-hydrogen) atoms. The SMILES string of the molecule is O=C(NCc1ccccc1)NC[C@@]12CCC[C@H]1N(CC1CCCCC1)C(=O)CC2. The molecule has 2 N–H and O–H groups in total. The third kappa shape index (κ3) is 4.76. The molecule has 3 fully saturated rings. The van der Waals surface area contributed by atoms with Gasteiger partial charge in [0.2, 0.25) is 5.91 Å². The molecule has 5 heteroatoms. The largest absolute Gasteiger partial charge is 0.339 e. The quantitative estimate of drug-likeness (QED) is 0.755. The highest BCUT2D eigenvalue weighted by Crippen LogP contribution is 2.48. The normalized spacial score (nSPS) is 27.5. The smallest absolute Gasteiger partial charge is 0.315 e. The predicted octanol–water partition coefficient (Wildman–Crippen LogP) is 4.23. The number of urea groups is 1. The van der Waals surface area contributed by atoms with Gasteiger partial charge in [-0.1, -0.05) is 56.0 Å². The van der Waals surface area contributed by atoms with E-state index in [-0.39, 0.29) is 11.4 Å². The van der Waals surface area contributed by atoms with E-state index in [1.807, 2.05) is 30.3 Å². The number of nitrogens with zero attached hydrogens (tertiary/aromatic N) is 1. The minimum Gasteiger partial charge on any atom is -0.339 e. The number of benzene rings is 1. The van der Waals surface area contributed by atoms with Crippen molar-refractivity contribution in [3.8, 4) is 0 Å². The van der Waals surface area contributed by atoms with Gasteiger partial charge in [0, 0.05) is 37.5 Å². The van der Waals surface area contributed by atoms with E-state index in [0.717, 1.165) is 37.8 Å². The molecule has 4 rings (SSSR count). The van der Waals surface area contributed by atoms with E-state index >= 15 is 0 Å². The van der Waals surface area contributed by atoms with Crippen LogP contribution in [0.2, 0.25) is 0 Å². The van der Waals surface area contributed by atoms with Crippen LogP contribution in [-0.2, 0) is 11.3 Å². The van der Waals surface area contributed by atoms with E-state index < -0.39 is 0 Å². The maximum atomic E-state index is 12.8. The van der Waals surface area contributed by atoms with Gasteiger partial charge in [0.05, 0.1) is 0 Å². The molecule has 0 radical (unpaired) electrons. The molecule has 5 nitrogen and oxygen atoms in total. The Kier molecular flexibility index (Phi) is 6.41. The van der Waals surface area contributed by atoms with Gasteiger partial charge in [-0.15, -0.1) is 0 Å². The number of hydrogen-bond acceptors (Lipinski definition) is 2. The number of fused-ring (bicyclic) bond motifs is 1. The molecule has 0 aromatic heterocycles. The average molecular weight is 398 g/mol. The van der Waals surface area contributed by atoms with Gasteiger partial charge >= 0.3 is 6.03 Å². The topological polar surface area (TPSA) is 61.4 Å². The van der Waals surface area contributed by atoms with Crippen LogP contribution in [0.3, 0.4) is 0 Å². The number of piperidine rings is 1. The minimum absolute atomic E-state index is 0.0622. The average Bonchev–Trinajstić information content (AvgIpc) is 3.19. The predicted molar refractivity (Wildman–Crippen MR) is 114 cm³/mol. The van der Waals surface area contributed by atoms with E-state index in [0.29, 0.717) is 37.4 Å². The van der Waals surface area contributed by atoms with Crippen molar-refractivity contribution in [2.24, 2.45) is 11.3 Å². The van der Waals surface area contributed by atoms with Crippen molar-refractivity contribution in [1.29, 1.82) is 0 Å². The van der Waals surface area contributed by atoms with Crippen LogP contribution in [0.15, 0.2) is 30.3 Å². The van der Waals surface area contributed by atoms with Crippen LogP contribution >= 0.6 is 0 Å². The van der Waals surface area contributed by atoms with Crippen LogP contribution in [-0.4, -0.2) is 36.0 Å². The standard InChI is InChI=1S/C24H35N3O2/c28-22-13-15-24(18-26-23(29)25-16-19-8-3-1-4-9-19)14-7-12-21(24)27(22)17-20-10-5-2-6-11-20/h1,3-4,8-9,20-21H,2,5-7,10-18H2,(H2,25,26,29)/t21-,24+/m1/s1. The monoisotopic (exact) mass is 397 g/mol. The number of nitrogens with one attached hydrogen (secondary N) is 2. The van der Waals surface area contributed by atoms with E-state index in [1.165, 1.54) is 32.1 Å². The lowest BCUT2D eigenvalue weighted by molar-refractivity contribution is -0.142. The fourth-order valence-corrected chi connectivity index (χ4v) is 5.84. The van der Waals surface area contributed by atoms with Gasteiger partial charge in [0.1, 0.15) is 0 Å². The highest BCUT2D eigenvalue weighted by Gasteiger charge is 2.50. The molecule has 0 bridgehead atoms. The maximum absolute atomic E-state index is 12.8. The summed E-state index contributed by atoms with van der Waals surface area (Å²) < 4.78 is 0. The first-order valence-corrected chi connectivity index (χ1v) is 11.5. The summed E-state index contributed by atoms with van der Waals surface area (Å²) in [4.78, 5) is 27.4. The lowest BCUT2D eigenvalue weighted by Crippen LogP contribution is -2.57. The summed E-state index contributed by atoms with van der Waals surface area (Å²) in [7, 11) is 0. The lowest BCUT2D eigenvalue weighted by atomic mass is 9.74. The van der Waals surface area contributed by atoms with Gasteiger partial charge in [-0.2, -0.15) is 0 Å². The zero-order valence-electron chi connectivity index (χ0n) is 17.5. The number of carbonyl (C=O) groups is 2. The number of rotatable bonds is 6. The Balaban J connectivity index is 1.34. The third-order valence-corrected chi connectivity index (χ3v) is 7.47. The number of likely N-dealkylation sites (tertiary alicyclic amines) is 1. The molecule has 1 saturated heterocycles. The fraction of sp³-hybridized carbons (Fsp3) is 0.667. The van der Waals surface area contributed by atoms with Crippen molar-refractivity contribution < 1.29 is 9.59 Å². The molecule has 1 aromatic rings. The van der Waals surface area contributed by atoms with Crippen molar-refractivity contribution in [3.05, 3.63) is 35.9 Å². The molecule has 0 unspecified atom stereocenters. The fourth-order valence-electron chi connectivity index (χ4n) is 5.84. The molecule has 2 atom stereocenters. The molecule has 2 aliphatic carbocycles. The molecular formula is C24H35N3O2. The van der Waals surface area contributed by atoms with Crippen LogP contribution in [0, 0.1) is 11.3 Å². The number of carbonyl (C=O) groups excluding carboxylic acids is 2. The van der Waals surface area contributed by atoms with Gasteiger partial charge in [-0.05, 0) is 43.6 Å². The van der Waals surface area contributed by atoms with Gasteiger partial charge in [0.15, 0.2) is 0 Å². The van der Waals surface area contributed by atoms with Crippen LogP contribution in [0.1, 0.15) is 69.8 Å². The van der Waals surface area contributed by atoms with Crippen LogP contribution in [0.25, 0.3) is 0 Å². The molecular weight excluding hydrogens is 362 g/mol. The summed E-state index contributed by atoms with van der Waals surface area (Å²) in [6, 6.07) is 10.2. The second-order valence-corrected chi connectivity index (χ2v) is 9.34. The molecule has 1 aromatic carbocycles. The Hall–Kier alpha value is -2.04. The molecule has 158 valence electrons. The van der Waals surface area contributed by atoms with Crippen LogP contribution < -0.4 is 10.6 Å². The first-order chi connectivity index (χ1) is 14.2. The third-order valence-electron chi connectivity index (χ3n) is 7.47. The molecule has 1 heterocycles. The van der Waals surface area contributed by atoms with Gasteiger partial charge < -0.3 is 15.5 Å². The Morgan fingerprint density at radius 3 is 2.59 bits per heavy atom. The summed E-state index contributed by atoms with van der Waals surface area (Å²) in [6.45, 7) is 2.15. The van der Waals surface area contributed by atoms with Crippen molar-refractivity contribution in [2.45, 2.75) is 76.8 Å². The second kappa shape index (κ2) is 9.19. The van der Waals surface area contributed by atoms with E-state index in [4.69, 9.17) is 0 Å².